The van der Waals surface area contributed by atoms with E-state index in [0.29, 0.717) is 6.61 Å². The first kappa shape index (κ1) is 11.9. The van der Waals surface area contributed by atoms with E-state index >= 15 is 0 Å². The Hall–Kier alpha value is -1.16. The van der Waals surface area contributed by atoms with Gasteiger partial charge in [0.2, 0.25) is 0 Å². The minimum atomic E-state index is 0.230. The van der Waals surface area contributed by atoms with E-state index in [2.05, 4.69) is 29.1 Å². The first-order valence-electron chi connectivity index (χ1n) is 5.25. The van der Waals surface area contributed by atoms with E-state index in [-0.39, 0.29) is 5.92 Å². The molecule has 1 aromatic heterocycles. The Morgan fingerprint density at radius 1 is 1.47 bits per heavy atom. The molecule has 0 saturated heterocycles. The number of anilines is 1. The van der Waals surface area contributed by atoms with E-state index in [1.807, 2.05) is 13.1 Å². The third-order valence-corrected chi connectivity index (χ3v) is 2.27. The zero-order chi connectivity index (χ0) is 11.3. The lowest BCUT2D eigenvalue weighted by molar-refractivity contribution is 0.181. The normalized spacial score (nSPS) is 12.5. The molecule has 0 aliphatic rings. The van der Waals surface area contributed by atoms with E-state index in [1.165, 1.54) is 0 Å². The maximum absolute atomic E-state index is 5.10. The maximum atomic E-state index is 5.10. The van der Waals surface area contributed by atoms with Crippen molar-refractivity contribution in [2.75, 3.05) is 26.1 Å². The number of aromatic nitrogens is 2. The molecule has 84 valence electrons. The van der Waals surface area contributed by atoms with Crippen LogP contribution in [-0.4, -0.2) is 30.7 Å². The van der Waals surface area contributed by atoms with Crippen LogP contribution >= 0.6 is 0 Å². The van der Waals surface area contributed by atoms with Crippen LogP contribution in [0.3, 0.4) is 0 Å². The lowest BCUT2D eigenvalue weighted by Crippen LogP contribution is -2.10. The molecule has 1 N–H and O–H groups in total. The zero-order valence-corrected chi connectivity index (χ0v) is 9.87. The highest BCUT2D eigenvalue weighted by molar-refractivity contribution is 5.35. The number of nitrogens with zero attached hydrogens (tertiary/aromatic N) is 2. The van der Waals surface area contributed by atoms with Crippen LogP contribution in [0.4, 0.5) is 5.82 Å². The van der Waals surface area contributed by atoms with E-state index in [9.17, 15) is 0 Å². The Bertz CT molecular complexity index is 292. The largest absolute Gasteiger partial charge is 0.384 e. The standard InChI is InChI=1S/C11H19N3O/c1-5-9-6-10(12-3)14-11(13-9)8(2)7-15-4/h6,8H,5,7H2,1-4H3,(H,12,13,14). The summed E-state index contributed by atoms with van der Waals surface area (Å²) in [6.45, 7) is 4.81. The van der Waals surface area contributed by atoms with Crippen LogP contribution in [0.5, 0.6) is 0 Å². The molecule has 0 aromatic carbocycles. The maximum Gasteiger partial charge on any atom is 0.136 e. The lowest BCUT2D eigenvalue weighted by atomic mass is 10.1. The van der Waals surface area contributed by atoms with Gasteiger partial charge in [0.25, 0.3) is 0 Å². The second-order valence-corrected chi connectivity index (χ2v) is 3.56. The van der Waals surface area contributed by atoms with Crippen molar-refractivity contribution >= 4 is 5.82 Å². The molecule has 0 bridgehead atoms. The van der Waals surface area contributed by atoms with Crippen molar-refractivity contribution in [2.45, 2.75) is 26.2 Å². The van der Waals surface area contributed by atoms with Gasteiger partial charge in [0.05, 0.1) is 6.61 Å². The van der Waals surface area contributed by atoms with Gasteiger partial charge in [-0.1, -0.05) is 13.8 Å². The van der Waals surface area contributed by atoms with Crippen LogP contribution in [0.2, 0.25) is 0 Å². The van der Waals surface area contributed by atoms with Crippen molar-refractivity contribution in [3.8, 4) is 0 Å². The van der Waals surface area contributed by atoms with Crippen LogP contribution < -0.4 is 5.32 Å². The molecule has 0 fully saturated rings. The lowest BCUT2D eigenvalue weighted by Gasteiger charge is -2.11. The van der Waals surface area contributed by atoms with Gasteiger partial charge in [-0.15, -0.1) is 0 Å². The SMILES string of the molecule is CCc1cc(NC)nc(C(C)COC)n1. The summed E-state index contributed by atoms with van der Waals surface area (Å²) in [6, 6.07) is 1.98. The quantitative estimate of drug-likeness (QED) is 0.803. The second-order valence-electron chi connectivity index (χ2n) is 3.56. The molecule has 4 nitrogen and oxygen atoms in total. The molecule has 15 heavy (non-hydrogen) atoms. The molecule has 1 aromatic rings. The van der Waals surface area contributed by atoms with E-state index in [1.54, 1.807) is 7.11 Å². The van der Waals surface area contributed by atoms with Crippen LogP contribution in [0.15, 0.2) is 6.07 Å². The van der Waals surface area contributed by atoms with E-state index in [0.717, 1.165) is 23.8 Å². The van der Waals surface area contributed by atoms with Gasteiger partial charge < -0.3 is 10.1 Å². The van der Waals surface area contributed by atoms with Crippen molar-refractivity contribution in [1.29, 1.82) is 0 Å². The smallest absolute Gasteiger partial charge is 0.136 e. The molecule has 1 unspecified atom stereocenters. The summed E-state index contributed by atoms with van der Waals surface area (Å²) in [5, 5.41) is 3.05. The fourth-order valence-electron chi connectivity index (χ4n) is 1.37. The van der Waals surface area contributed by atoms with Gasteiger partial charge in [-0.3, -0.25) is 0 Å². The summed E-state index contributed by atoms with van der Waals surface area (Å²) in [5.41, 5.74) is 1.06. The minimum Gasteiger partial charge on any atom is -0.384 e. The first-order valence-corrected chi connectivity index (χ1v) is 5.25. The third kappa shape index (κ3) is 3.16. The van der Waals surface area contributed by atoms with Crippen LogP contribution in [0.1, 0.15) is 31.3 Å². The van der Waals surface area contributed by atoms with Gasteiger partial charge in [0.15, 0.2) is 0 Å². The molecule has 0 aliphatic carbocycles. The van der Waals surface area contributed by atoms with Crippen molar-refractivity contribution < 1.29 is 4.74 Å². The fourth-order valence-corrected chi connectivity index (χ4v) is 1.37. The average molecular weight is 209 g/mol. The predicted octanol–water partition coefficient (Wildman–Crippen LogP) is 1.83. The molecule has 1 atom stereocenters. The van der Waals surface area contributed by atoms with Crippen molar-refractivity contribution in [3.63, 3.8) is 0 Å². The van der Waals surface area contributed by atoms with Crippen LogP contribution in [0.25, 0.3) is 0 Å². The number of hydrogen-bond donors (Lipinski definition) is 1. The van der Waals surface area contributed by atoms with Gasteiger partial charge in [0.1, 0.15) is 11.6 Å². The molecular weight excluding hydrogens is 190 g/mol. The van der Waals surface area contributed by atoms with E-state index in [4.69, 9.17) is 4.74 Å². The third-order valence-electron chi connectivity index (χ3n) is 2.27. The number of aryl methyl sites for hydroxylation is 1. The monoisotopic (exact) mass is 209 g/mol. The van der Waals surface area contributed by atoms with Gasteiger partial charge >= 0.3 is 0 Å². The summed E-state index contributed by atoms with van der Waals surface area (Å²) in [7, 11) is 3.56. The number of methoxy groups -OCH3 is 1. The van der Waals surface area contributed by atoms with Crippen molar-refractivity contribution in [3.05, 3.63) is 17.6 Å². The Morgan fingerprint density at radius 3 is 2.73 bits per heavy atom. The highest BCUT2D eigenvalue weighted by Gasteiger charge is 2.10. The molecule has 4 heteroatoms. The summed E-state index contributed by atoms with van der Waals surface area (Å²) < 4.78 is 5.10. The molecule has 0 spiro atoms. The molecule has 1 heterocycles. The minimum absolute atomic E-state index is 0.230. The van der Waals surface area contributed by atoms with Crippen molar-refractivity contribution in [1.82, 2.24) is 9.97 Å². The fraction of sp³-hybridized carbons (Fsp3) is 0.636. The van der Waals surface area contributed by atoms with Gasteiger partial charge in [-0.2, -0.15) is 0 Å². The van der Waals surface area contributed by atoms with Gasteiger partial charge in [0, 0.05) is 31.8 Å². The summed E-state index contributed by atoms with van der Waals surface area (Å²) in [5.74, 6) is 1.95. The molecule has 0 aliphatic heterocycles. The number of ether oxygens (including phenoxy) is 1. The molecule has 0 radical (unpaired) electrons. The topological polar surface area (TPSA) is 47.0 Å². The van der Waals surface area contributed by atoms with Crippen LogP contribution in [-0.2, 0) is 11.2 Å². The predicted molar refractivity (Wildman–Crippen MR) is 61.2 cm³/mol. The summed E-state index contributed by atoms with van der Waals surface area (Å²) in [4.78, 5) is 8.90. The number of rotatable bonds is 5. The molecular formula is C11H19N3O. The Balaban J connectivity index is 2.95. The van der Waals surface area contributed by atoms with Gasteiger partial charge in [-0.05, 0) is 6.42 Å². The number of hydrogen-bond acceptors (Lipinski definition) is 4. The van der Waals surface area contributed by atoms with Crippen molar-refractivity contribution in [2.24, 2.45) is 0 Å². The van der Waals surface area contributed by atoms with Gasteiger partial charge in [-0.25, -0.2) is 9.97 Å². The first-order chi connectivity index (χ1) is 7.21. The van der Waals surface area contributed by atoms with Crippen LogP contribution in [0, 0.1) is 0 Å². The second kappa shape index (κ2) is 5.66. The summed E-state index contributed by atoms with van der Waals surface area (Å²) >= 11 is 0. The number of nitrogens with one attached hydrogen (secondary N) is 1. The summed E-state index contributed by atoms with van der Waals surface area (Å²) in [6.07, 6.45) is 0.921. The molecule has 0 saturated carbocycles. The van der Waals surface area contributed by atoms with E-state index < -0.39 is 0 Å². The highest BCUT2D eigenvalue weighted by atomic mass is 16.5. The Morgan fingerprint density at radius 2 is 2.20 bits per heavy atom. The highest BCUT2D eigenvalue weighted by Crippen LogP contribution is 2.14. The Labute approximate surface area is 91.1 Å². The zero-order valence-electron chi connectivity index (χ0n) is 9.87. The molecule has 0 amide bonds. The average Bonchev–Trinajstić information content (AvgIpc) is 2.28. The Kier molecular flexibility index (Phi) is 4.49. The molecule has 1 rings (SSSR count).